The second-order valence-electron chi connectivity index (χ2n) is 4.63. The van der Waals surface area contributed by atoms with Crippen LogP contribution in [0.15, 0.2) is 60.7 Å². The predicted molar refractivity (Wildman–Crippen MR) is 88.3 cm³/mol. The molecule has 3 rings (SSSR count). The van der Waals surface area contributed by atoms with E-state index in [0.29, 0.717) is 0 Å². The Hall–Kier alpha value is -2.26. The highest BCUT2D eigenvalue weighted by Gasteiger charge is 2.08. The molecule has 0 saturated carbocycles. The van der Waals surface area contributed by atoms with Crippen molar-refractivity contribution in [2.75, 3.05) is 14.2 Å². The molecule has 2 aromatic carbocycles. The van der Waals surface area contributed by atoms with E-state index in [-0.39, 0.29) is 0 Å². The Morgan fingerprint density at radius 3 is 1.81 bits per heavy atom. The summed E-state index contributed by atoms with van der Waals surface area (Å²) in [6, 6.07) is 20.6. The summed E-state index contributed by atoms with van der Waals surface area (Å²) in [7, 11) is 3.34. The van der Waals surface area contributed by atoms with E-state index >= 15 is 0 Å². The lowest BCUT2D eigenvalue weighted by atomic mass is 10.1. The SMILES string of the molecule is COc1cc(OC)cc(-c2ccc(-c3ccccc3)s2)c1. The Morgan fingerprint density at radius 2 is 1.24 bits per heavy atom. The van der Waals surface area contributed by atoms with Gasteiger partial charge in [-0.3, -0.25) is 0 Å². The van der Waals surface area contributed by atoms with Gasteiger partial charge in [0.05, 0.1) is 14.2 Å². The summed E-state index contributed by atoms with van der Waals surface area (Å²) in [5.41, 5.74) is 2.35. The number of methoxy groups -OCH3 is 2. The maximum Gasteiger partial charge on any atom is 0.123 e. The van der Waals surface area contributed by atoms with Crippen molar-refractivity contribution in [2.24, 2.45) is 0 Å². The van der Waals surface area contributed by atoms with Crippen molar-refractivity contribution in [3.05, 3.63) is 60.7 Å². The number of rotatable bonds is 4. The third kappa shape index (κ3) is 2.93. The second kappa shape index (κ2) is 6.02. The minimum atomic E-state index is 0.805. The molecule has 2 nitrogen and oxygen atoms in total. The van der Waals surface area contributed by atoms with E-state index < -0.39 is 0 Å². The molecule has 0 saturated heterocycles. The lowest BCUT2D eigenvalue weighted by Gasteiger charge is -2.07. The molecule has 0 spiro atoms. The molecule has 0 atom stereocenters. The third-order valence-electron chi connectivity index (χ3n) is 3.30. The van der Waals surface area contributed by atoms with Gasteiger partial charge in [-0.2, -0.15) is 0 Å². The van der Waals surface area contributed by atoms with Gasteiger partial charge in [0.25, 0.3) is 0 Å². The van der Waals surface area contributed by atoms with Crippen molar-refractivity contribution >= 4 is 11.3 Å². The first-order valence-corrected chi connectivity index (χ1v) is 7.50. The lowest BCUT2D eigenvalue weighted by molar-refractivity contribution is 0.394. The van der Waals surface area contributed by atoms with Crippen molar-refractivity contribution < 1.29 is 9.47 Å². The Labute approximate surface area is 128 Å². The molecule has 0 aliphatic heterocycles. The molecule has 0 radical (unpaired) electrons. The molecule has 0 aliphatic carbocycles. The van der Waals surface area contributed by atoms with Gasteiger partial charge in [0.2, 0.25) is 0 Å². The van der Waals surface area contributed by atoms with Crippen LogP contribution in [0.3, 0.4) is 0 Å². The van der Waals surface area contributed by atoms with E-state index in [1.165, 1.54) is 15.3 Å². The maximum absolute atomic E-state index is 5.33. The summed E-state index contributed by atoms with van der Waals surface area (Å²) in [5, 5.41) is 0. The highest BCUT2D eigenvalue weighted by atomic mass is 32.1. The highest BCUT2D eigenvalue weighted by molar-refractivity contribution is 7.18. The smallest absolute Gasteiger partial charge is 0.123 e. The molecule has 1 heterocycles. The van der Waals surface area contributed by atoms with Crippen LogP contribution in [-0.2, 0) is 0 Å². The van der Waals surface area contributed by atoms with Crippen LogP contribution in [-0.4, -0.2) is 14.2 Å². The maximum atomic E-state index is 5.33. The van der Waals surface area contributed by atoms with Gasteiger partial charge in [-0.1, -0.05) is 30.3 Å². The van der Waals surface area contributed by atoms with Crippen molar-refractivity contribution in [2.45, 2.75) is 0 Å². The normalized spacial score (nSPS) is 10.4. The molecule has 3 aromatic rings. The van der Waals surface area contributed by atoms with E-state index in [0.717, 1.165) is 17.1 Å². The van der Waals surface area contributed by atoms with Crippen LogP contribution in [0, 0.1) is 0 Å². The molecule has 3 heteroatoms. The molecule has 0 unspecified atom stereocenters. The van der Waals surface area contributed by atoms with Gasteiger partial charge in [-0.25, -0.2) is 0 Å². The van der Waals surface area contributed by atoms with E-state index in [4.69, 9.17) is 9.47 Å². The molecule has 0 amide bonds. The van der Waals surface area contributed by atoms with Gasteiger partial charge >= 0.3 is 0 Å². The summed E-state index contributed by atoms with van der Waals surface area (Å²) in [4.78, 5) is 2.46. The molecule has 0 N–H and O–H groups in total. The zero-order valence-corrected chi connectivity index (χ0v) is 12.8. The first-order chi connectivity index (χ1) is 10.3. The standard InChI is InChI=1S/C18H16O2S/c1-19-15-10-14(11-16(12-15)20-2)18-9-8-17(21-18)13-6-4-3-5-7-13/h3-12H,1-2H3. The monoisotopic (exact) mass is 296 g/mol. The summed E-state index contributed by atoms with van der Waals surface area (Å²) in [6.07, 6.45) is 0. The fourth-order valence-corrected chi connectivity index (χ4v) is 3.20. The largest absolute Gasteiger partial charge is 0.497 e. The molecule has 106 valence electrons. The van der Waals surface area contributed by atoms with Gasteiger partial charge in [-0.05, 0) is 35.4 Å². The van der Waals surface area contributed by atoms with E-state index in [1.807, 2.05) is 24.3 Å². The number of thiophene rings is 1. The Morgan fingerprint density at radius 1 is 0.667 bits per heavy atom. The highest BCUT2D eigenvalue weighted by Crippen LogP contribution is 2.37. The van der Waals surface area contributed by atoms with Crippen LogP contribution >= 0.6 is 11.3 Å². The fraction of sp³-hybridized carbons (Fsp3) is 0.111. The van der Waals surface area contributed by atoms with Gasteiger partial charge in [0.1, 0.15) is 11.5 Å². The van der Waals surface area contributed by atoms with Gasteiger partial charge < -0.3 is 9.47 Å². The minimum Gasteiger partial charge on any atom is -0.497 e. The number of hydrogen-bond donors (Lipinski definition) is 0. The second-order valence-corrected chi connectivity index (χ2v) is 5.72. The zero-order chi connectivity index (χ0) is 14.7. The van der Waals surface area contributed by atoms with Crippen molar-refractivity contribution in [3.63, 3.8) is 0 Å². The average molecular weight is 296 g/mol. The van der Waals surface area contributed by atoms with Crippen LogP contribution in [0.2, 0.25) is 0 Å². The molecular formula is C18H16O2S. The van der Waals surface area contributed by atoms with Gasteiger partial charge in [0.15, 0.2) is 0 Å². The molecule has 21 heavy (non-hydrogen) atoms. The number of ether oxygens (including phenoxy) is 2. The van der Waals surface area contributed by atoms with Crippen LogP contribution in [0.25, 0.3) is 20.9 Å². The topological polar surface area (TPSA) is 18.5 Å². The fourth-order valence-electron chi connectivity index (χ4n) is 2.20. The summed E-state index contributed by atoms with van der Waals surface area (Å²) >= 11 is 1.77. The molecule has 0 bridgehead atoms. The summed E-state index contributed by atoms with van der Waals surface area (Å²) in [5.74, 6) is 1.61. The Bertz CT molecular complexity index is 710. The number of benzene rings is 2. The Kier molecular flexibility index (Phi) is 3.93. The Balaban J connectivity index is 2.00. The van der Waals surface area contributed by atoms with Crippen LogP contribution in [0.5, 0.6) is 11.5 Å². The van der Waals surface area contributed by atoms with Crippen molar-refractivity contribution in [1.82, 2.24) is 0 Å². The van der Waals surface area contributed by atoms with Crippen molar-refractivity contribution in [1.29, 1.82) is 0 Å². The van der Waals surface area contributed by atoms with Crippen LogP contribution in [0.1, 0.15) is 0 Å². The van der Waals surface area contributed by atoms with Gasteiger partial charge in [0, 0.05) is 15.8 Å². The van der Waals surface area contributed by atoms with E-state index in [1.54, 1.807) is 25.6 Å². The van der Waals surface area contributed by atoms with Crippen molar-refractivity contribution in [3.8, 4) is 32.4 Å². The van der Waals surface area contributed by atoms with E-state index in [2.05, 4.69) is 36.4 Å². The van der Waals surface area contributed by atoms with Crippen LogP contribution in [0.4, 0.5) is 0 Å². The number of hydrogen-bond acceptors (Lipinski definition) is 3. The predicted octanol–water partition coefficient (Wildman–Crippen LogP) is 5.10. The summed E-state index contributed by atoms with van der Waals surface area (Å²) in [6.45, 7) is 0. The molecule has 0 aliphatic rings. The average Bonchev–Trinajstić information content (AvgIpc) is 3.05. The first kappa shape index (κ1) is 13.7. The van der Waals surface area contributed by atoms with Gasteiger partial charge in [-0.15, -0.1) is 11.3 Å². The molecular weight excluding hydrogens is 280 g/mol. The molecule has 0 fully saturated rings. The van der Waals surface area contributed by atoms with E-state index in [9.17, 15) is 0 Å². The zero-order valence-electron chi connectivity index (χ0n) is 12.0. The lowest BCUT2D eigenvalue weighted by Crippen LogP contribution is -1.87. The third-order valence-corrected chi connectivity index (χ3v) is 4.48. The first-order valence-electron chi connectivity index (χ1n) is 6.69. The molecule has 1 aromatic heterocycles. The minimum absolute atomic E-state index is 0.805. The summed E-state index contributed by atoms with van der Waals surface area (Å²) < 4.78 is 10.7. The quantitative estimate of drug-likeness (QED) is 0.667. The van der Waals surface area contributed by atoms with Crippen LogP contribution < -0.4 is 9.47 Å².